The van der Waals surface area contributed by atoms with Gasteiger partial charge in [-0.05, 0) is 35.7 Å². The van der Waals surface area contributed by atoms with Crippen LogP contribution in [-0.2, 0) is 17.8 Å². The Morgan fingerprint density at radius 3 is 2.76 bits per heavy atom. The van der Waals surface area contributed by atoms with E-state index >= 15 is 0 Å². The highest BCUT2D eigenvalue weighted by Gasteiger charge is 2.05. The van der Waals surface area contributed by atoms with Crippen molar-refractivity contribution in [3.63, 3.8) is 0 Å². The number of ether oxygens (including phenoxy) is 1. The average Bonchev–Trinajstić information content (AvgIpc) is 2.52. The normalized spacial score (nSPS) is 10.2. The summed E-state index contributed by atoms with van der Waals surface area (Å²) in [4.78, 5) is 11.9. The van der Waals surface area contributed by atoms with Gasteiger partial charge in [-0.25, -0.2) is 0 Å². The molecule has 0 aliphatic rings. The van der Waals surface area contributed by atoms with Gasteiger partial charge in [0.1, 0.15) is 5.75 Å². The van der Waals surface area contributed by atoms with E-state index in [1.54, 1.807) is 7.11 Å². The van der Waals surface area contributed by atoms with Crippen molar-refractivity contribution in [3.05, 3.63) is 64.7 Å². The van der Waals surface area contributed by atoms with Crippen molar-refractivity contribution < 1.29 is 9.53 Å². The van der Waals surface area contributed by atoms with Gasteiger partial charge in [0.05, 0.1) is 7.11 Å². The summed E-state index contributed by atoms with van der Waals surface area (Å²) in [6, 6.07) is 15.3. The first kappa shape index (κ1) is 15.4. The van der Waals surface area contributed by atoms with Crippen LogP contribution in [0.1, 0.15) is 17.5 Å². The highest BCUT2D eigenvalue weighted by molar-refractivity contribution is 6.31. The maximum absolute atomic E-state index is 11.9. The van der Waals surface area contributed by atoms with Crippen molar-refractivity contribution in [2.75, 3.05) is 7.11 Å². The molecule has 0 atom stereocenters. The molecule has 2 rings (SSSR count). The van der Waals surface area contributed by atoms with E-state index in [9.17, 15) is 4.79 Å². The minimum absolute atomic E-state index is 0.0118. The maximum atomic E-state index is 11.9. The molecule has 0 spiro atoms. The van der Waals surface area contributed by atoms with Crippen LogP contribution in [0.25, 0.3) is 0 Å². The second-order valence-corrected chi connectivity index (χ2v) is 5.13. The van der Waals surface area contributed by atoms with Gasteiger partial charge in [0.25, 0.3) is 0 Å². The molecule has 0 aliphatic heterocycles. The molecule has 0 aliphatic carbocycles. The predicted octanol–water partition coefficient (Wildman–Crippen LogP) is 3.60. The summed E-state index contributed by atoms with van der Waals surface area (Å²) in [5, 5.41) is 3.56. The smallest absolute Gasteiger partial charge is 0.220 e. The molecule has 0 saturated heterocycles. The predicted molar refractivity (Wildman–Crippen MR) is 84.6 cm³/mol. The van der Waals surface area contributed by atoms with Gasteiger partial charge in [0.15, 0.2) is 0 Å². The highest BCUT2D eigenvalue weighted by atomic mass is 35.5. The third-order valence-corrected chi connectivity index (χ3v) is 3.58. The lowest BCUT2D eigenvalue weighted by atomic mass is 10.1. The third-order valence-electron chi connectivity index (χ3n) is 3.21. The highest BCUT2D eigenvalue weighted by Crippen LogP contribution is 2.15. The Hall–Kier alpha value is -2.00. The van der Waals surface area contributed by atoms with E-state index in [1.807, 2.05) is 48.5 Å². The van der Waals surface area contributed by atoms with Crippen molar-refractivity contribution in [1.29, 1.82) is 0 Å². The second kappa shape index (κ2) is 7.70. The molecule has 110 valence electrons. The first-order chi connectivity index (χ1) is 10.2. The van der Waals surface area contributed by atoms with Crippen LogP contribution in [-0.4, -0.2) is 13.0 Å². The van der Waals surface area contributed by atoms with Gasteiger partial charge in [-0.1, -0.05) is 41.9 Å². The molecule has 0 bridgehead atoms. The second-order valence-electron chi connectivity index (χ2n) is 4.72. The van der Waals surface area contributed by atoms with E-state index in [2.05, 4.69) is 5.32 Å². The van der Waals surface area contributed by atoms with Crippen LogP contribution >= 0.6 is 11.6 Å². The number of nitrogens with one attached hydrogen (secondary N) is 1. The summed E-state index contributed by atoms with van der Waals surface area (Å²) in [6.07, 6.45) is 1.13. The summed E-state index contributed by atoms with van der Waals surface area (Å²) in [5.74, 6) is 0.821. The van der Waals surface area contributed by atoms with E-state index in [-0.39, 0.29) is 5.91 Å². The van der Waals surface area contributed by atoms with Crippen molar-refractivity contribution in [2.45, 2.75) is 19.4 Å². The van der Waals surface area contributed by atoms with Gasteiger partial charge in [-0.3, -0.25) is 4.79 Å². The number of halogens is 1. The Balaban J connectivity index is 1.81. The quantitative estimate of drug-likeness (QED) is 0.885. The van der Waals surface area contributed by atoms with Crippen LogP contribution in [0.4, 0.5) is 0 Å². The molecule has 0 saturated carbocycles. The number of aryl methyl sites for hydroxylation is 1. The lowest BCUT2D eigenvalue weighted by Crippen LogP contribution is -2.23. The fourth-order valence-electron chi connectivity index (χ4n) is 2.01. The zero-order valence-corrected chi connectivity index (χ0v) is 12.7. The molecule has 2 aromatic carbocycles. The summed E-state index contributed by atoms with van der Waals surface area (Å²) < 4.78 is 5.16. The molecule has 1 N–H and O–H groups in total. The molecule has 0 unspecified atom stereocenters. The Morgan fingerprint density at radius 1 is 1.19 bits per heavy atom. The molecule has 4 heteroatoms. The molecule has 21 heavy (non-hydrogen) atoms. The number of hydrogen-bond donors (Lipinski definition) is 1. The van der Waals surface area contributed by atoms with Crippen molar-refractivity contribution in [1.82, 2.24) is 5.32 Å². The van der Waals surface area contributed by atoms with E-state index in [1.165, 1.54) is 0 Å². The third kappa shape index (κ3) is 4.80. The molecular formula is C17H18ClNO2. The van der Waals surface area contributed by atoms with Crippen LogP contribution in [0.5, 0.6) is 5.75 Å². The van der Waals surface area contributed by atoms with Crippen molar-refractivity contribution >= 4 is 17.5 Å². The Labute approximate surface area is 129 Å². The van der Waals surface area contributed by atoms with Gasteiger partial charge >= 0.3 is 0 Å². The topological polar surface area (TPSA) is 38.3 Å². The lowest BCUT2D eigenvalue weighted by Gasteiger charge is -2.07. The summed E-state index contributed by atoms with van der Waals surface area (Å²) in [5.41, 5.74) is 2.01. The minimum Gasteiger partial charge on any atom is -0.497 e. The van der Waals surface area contributed by atoms with E-state index in [0.717, 1.165) is 16.9 Å². The number of rotatable bonds is 6. The van der Waals surface area contributed by atoms with Crippen LogP contribution < -0.4 is 10.1 Å². The number of carbonyl (C=O) groups excluding carboxylic acids is 1. The maximum Gasteiger partial charge on any atom is 0.220 e. The molecule has 3 nitrogen and oxygen atoms in total. The molecule has 0 heterocycles. The zero-order chi connectivity index (χ0) is 15.1. The van der Waals surface area contributed by atoms with Crippen LogP contribution in [0.15, 0.2) is 48.5 Å². The van der Waals surface area contributed by atoms with Gasteiger partial charge < -0.3 is 10.1 Å². The number of hydrogen-bond acceptors (Lipinski definition) is 2. The average molecular weight is 304 g/mol. The number of benzene rings is 2. The fraction of sp³-hybridized carbons (Fsp3) is 0.235. The standard InChI is InChI=1S/C17H18ClNO2/c1-21-15-7-4-5-13(11-15)9-10-17(20)19-12-14-6-2-3-8-16(14)18/h2-8,11H,9-10,12H2,1H3,(H,19,20). The fourth-order valence-corrected chi connectivity index (χ4v) is 2.21. The van der Waals surface area contributed by atoms with E-state index in [4.69, 9.17) is 16.3 Å². The van der Waals surface area contributed by atoms with Gasteiger partial charge in [-0.15, -0.1) is 0 Å². The summed E-state index contributed by atoms with van der Waals surface area (Å²) >= 11 is 6.05. The van der Waals surface area contributed by atoms with Crippen LogP contribution in [0, 0.1) is 0 Å². The molecule has 0 aromatic heterocycles. The summed E-state index contributed by atoms with van der Waals surface area (Å²) in [6.45, 7) is 0.455. The van der Waals surface area contributed by atoms with Crippen LogP contribution in [0.2, 0.25) is 5.02 Å². The Morgan fingerprint density at radius 2 is 2.00 bits per heavy atom. The molecule has 0 fully saturated rings. The Bertz CT molecular complexity index is 613. The number of carbonyl (C=O) groups is 1. The first-order valence-corrected chi connectivity index (χ1v) is 7.20. The van der Waals surface area contributed by atoms with Crippen molar-refractivity contribution in [3.8, 4) is 5.75 Å². The van der Waals surface area contributed by atoms with Gasteiger partial charge in [0, 0.05) is 18.0 Å². The van der Waals surface area contributed by atoms with Gasteiger partial charge in [-0.2, -0.15) is 0 Å². The zero-order valence-electron chi connectivity index (χ0n) is 11.9. The first-order valence-electron chi connectivity index (χ1n) is 6.82. The number of methoxy groups -OCH3 is 1. The largest absolute Gasteiger partial charge is 0.497 e. The van der Waals surface area contributed by atoms with Gasteiger partial charge in [0.2, 0.25) is 5.91 Å². The molecular weight excluding hydrogens is 286 g/mol. The van der Waals surface area contributed by atoms with E-state index < -0.39 is 0 Å². The van der Waals surface area contributed by atoms with Crippen molar-refractivity contribution in [2.24, 2.45) is 0 Å². The molecule has 0 radical (unpaired) electrons. The monoisotopic (exact) mass is 303 g/mol. The van der Waals surface area contributed by atoms with E-state index in [0.29, 0.717) is 24.4 Å². The number of amides is 1. The molecule has 1 amide bonds. The lowest BCUT2D eigenvalue weighted by molar-refractivity contribution is -0.121. The Kier molecular flexibility index (Phi) is 5.64. The SMILES string of the molecule is COc1cccc(CCC(=O)NCc2ccccc2Cl)c1. The molecule has 2 aromatic rings. The van der Waals surface area contributed by atoms with Crippen LogP contribution in [0.3, 0.4) is 0 Å². The summed E-state index contributed by atoms with van der Waals surface area (Å²) in [7, 11) is 1.63. The minimum atomic E-state index is 0.0118.